The van der Waals surface area contributed by atoms with Gasteiger partial charge < -0.3 is 5.32 Å². The monoisotopic (exact) mass is 324 g/mol. The van der Waals surface area contributed by atoms with Crippen LogP contribution < -0.4 is 5.32 Å². The number of nitrogens with zero attached hydrogens (tertiary/aromatic N) is 1. The maximum Gasteiger partial charge on any atom is 0.238 e. The molecule has 0 atom stereocenters. The van der Waals surface area contributed by atoms with E-state index in [0.29, 0.717) is 6.54 Å². The lowest BCUT2D eigenvalue weighted by atomic mass is 9.86. The highest BCUT2D eigenvalue weighted by atomic mass is 16.2. The zero-order valence-corrected chi connectivity index (χ0v) is 15.4. The standard InChI is InChI=1S/C21H28N2O/c1-16-10-6-7-11-17(16)14-23(5)15-20(24)22-19-13-9-8-12-18(19)21(2,3)4/h6-13H,14-15H2,1-5H3,(H,22,24). The molecule has 0 saturated heterocycles. The number of rotatable bonds is 5. The number of anilines is 1. The van der Waals surface area contributed by atoms with Crippen molar-refractivity contribution in [1.29, 1.82) is 0 Å². The van der Waals surface area contributed by atoms with Crippen molar-refractivity contribution in [3.05, 3.63) is 65.2 Å². The number of para-hydroxylation sites is 1. The Balaban J connectivity index is 2.00. The van der Waals surface area contributed by atoms with Crippen molar-refractivity contribution in [2.24, 2.45) is 0 Å². The summed E-state index contributed by atoms with van der Waals surface area (Å²) in [6, 6.07) is 16.3. The van der Waals surface area contributed by atoms with E-state index >= 15 is 0 Å². The third kappa shape index (κ3) is 4.93. The zero-order chi connectivity index (χ0) is 17.7. The first-order valence-corrected chi connectivity index (χ1v) is 8.40. The van der Waals surface area contributed by atoms with E-state index in [-0.39, 0.29) is 11.3 Å². The topological polar surface area (TPSA) is 32.3 Å². The Morgan fingerprint density at radius 1 is 1.04 bits per heavy atom. The highest BCUT2D eigenvalue weighted by Crippen LogP contribution is 2.29. The van der Waals surface area contributed by atoms with Crippen molar-refractivity contribution in [2.75, 3.05) is 18.9 Å². The van der Waals surface area contributed by atoms with Crippen LogP contribution in [0.3, 0.4) is 0 Å². The van der Waals surface area contributed by atoms with Gasteiger partial charge in [-0.1, -0.05) is 63.2 Å². The third-order valence-corrected chi connectivity index (χ3v) is 4.12. The van der Waals surface area contributed by atoms with E-state index in [2.05, 4.69) is 51.2 Å². The molecular weight excluding hydrogens is 296 g/mol. The Kier molecular flexibility index (Phi) is 5.79. The Labute approximate surface area is 145 Å². The molecule has 2 rings (SSSR count). The number of hydrogen-bond acceptors (Lipinski definition) is 2. The highest BCUT2D eigenvalue weighted by Gasteiger charge is 2.19. The molecule has 1 N–H and O–H groups in total. The number of nitrogens with one attached hydrogen (secondary N) is 1. The fourth-order valence-corrected chi connectivity index (χ4v) is 2.82. The van der Waals surface area contributed by atoms with Crippen LogP contribution >= 0.6 is 0 Å². The van der Waals surface area contributed by atoms with Crippen molar-refractivity contribution in [3.8, 4) is 0 Å². The van der Waals surface area contributed by atoms with E-state index < -0.39 is 0 Å². The first-order valence-electron chi connectivity index (χ1n) is 8.40. The van der Waals surface area contributed by atoms with Crippen molar-refractivity contribution >= 4 is 11.6 Å². The second-order valence-electron chi connectivity index (χ2n) is 7.44. The molecule has 0 saturated carbocycles. The second-order valence-corrected chi connectivity index (χ2v) is 7.44. The largest absolute Gasteiger partial charge is 0.325 e. The molecule has 0 radical (unpaired) electrons. The number of carbonyl (C=O) groups is 1. The van der Waals surface area contributed by atoms with Gasteiger partial charge in [-0.25, -0.2) is 0 Å². The van der Waals surface area contributed by atoms with Crippen LogP contribution in [0.15, 0.2) is 48.5 Å². The predicted molar refractivity (Wildman–Crippen MR) is 101 cm³/mol. The van der Waals surface area contributed by atoms with Crippen molar-refractivity contribution in [1.82, 2.24) is 4.90 Å². The molecule has 0 heterocycles. The fraction of sp³-hybridized carbons (Fsp3) is 0.381. The molecular formula is C21H28N2O. The lowest BCUT2D eigenvalue weighted by Gasteiger charge is -2.24. The first kappa shape index (κ1) is 18.2. The third-order valence-electron chi connectivity index (χ3n) is 4.12. The maximum atomic E-state index is 12.4. The molecule has 0 unspecified atom stereocenters. The quantitative estimate of drug-likeness (QED) is 0.886. The van der Waals surface area contributed by atoms with Gasteiger partial charge in [0.15, 0.2) is 0 Å². The molecule has 3 nitrogen and oxygen atoms in total. The fourth-order valence-electron chi connectivity index (χ4n) is 2.82. The van der Waals surface area contributed by atoms with Crippen molar-refractivity contribution < 1.29 is 4.79 Å². The smallest absolute Gasteiger partial charge is 0.238 e. The number of carbonyl (C=O) groups excluding carboxylic acids is 1. The van der Waals surface area contributed by atoms with Gasteiger partial charge in [0.2, 0.25) is 5.91 Å². The summed E-state index contributed by atoms with van der Waals surface area (Å²) >= 11 is 0. The maximum absolute atomic E-state index is 12.4. The molecule has 3 heteroatoms. The molecule has 24 heavy (non-hydrogen) atoms. The summed E-state index contributed by atoms with van der Waals surface area (Å²) in [6.45, 7) is 9.70. The molecule has 128 valence electrons. The van der Waals surface area contributed by atoms with Crippen LogP contribution in [0.1, 0.15) is 37.5 Å². The van der Waals surface area contributed by atoms with E-state index in [1.165, 1.54) is 11.1 Å². The van der Waals surface area contributed by atoms with E-state index in [1.54, 1.807) is 0 Å². The summed E-state index contributed by atoms with van der Waals surface area (Å²) in [6.07, 6.45) is 0. The van der Waals surface area contributed by atoms with Gasteiger partial charge in [0.1, 0.15) is 0 Å². The number of amides is 1. The van der Waals surface area contributed by atoms with Gasteiger partial charge in [-0.05, 0) is 42.1 Å². The van der Waals surface area contributed by atoms with Crippen LogP contribution in [0, 0.1) is 6.92 Å². The van der Waals surface area contributed by atoms with E-state index in [9.17, 15) is 4.79 Å². The normalized spacial score (nSPS) is 11.6. The number of likely N-dealkylation sites (N-methyl/N-ethyl adjacent to an activating group) is 1. The molecule has 0 aliphatic heterocycles. The average molecular weight is 324 g/mol. The van der Waals surface area contributed by atoms with Crippen LogP contribution in [0.5, 0.6) is 0 Å². The predicted octanol–water partition coefficient (Wildman–Crippen LogP) is 4.36. The van der Waals surface area contributed by atoms with Gasteiger partial charge >= 0.3 is 0 Å². The molecule has 2 aromatic carbocycles. The molecule has 2 aromatic rings. The van der Waals surface area contributed by atoms with Crippen LogP contribution in [0.4, 0.5) is 5.69 Å². The molecule has 0 aliphatic carbocycles. The van der Waals surface area contributed by atoms with Crippen LogP contribution in [0.2, 0.25) is 0 Å². The van der Waals surface area contributed by atoms with Gasteiger partial charge in [-0.2, -0.15) is 0 Å². The van der Waals surface area contributed by atoms with Crippen molar-refractivity contribution in [2.45, 2.75) is 39.7 Å². The summed E-state index contributed by atoms with van der Waals surface area (Å²) < 4.78 is 0. The molecule has 0 spiro atoms. The van der Waals surface area contributed by atoms with Gasteiger partial charge in [0.05, 0.1) is 6.54 Å². The Morgan fingerprint density at radius 2 is 1.67 bits per heavy atom. The summed E-state index contributed by atoms with van der Waals surface area (Å²) in [5.41, 5.74) is 4.56. The van der Waals surface area contributed by atoms with Crippen molar-refractivity contribution in [3.63, 3.8) is 0 Å². The van der Waals surface area contributed by atoms with E-state index in [4.69, 9.17) is 0 Å². The lowest BCUT2D eigenvalue weighted by Crippen LogP contribution is -2.30. The van der Waals surface area contributed by atoms with Gasteiger partial charge in [0, 0.05) is 12.2 Å². The minimum Gasteiger partial charge on any atom is -0.325 e. The number of aryl methyl sites for hydroxylation is 1. The SMILES string of the molecule is Cc1ccccc1CN(C)CC(=O)Nc1ccccc1C(C)(C)C. The highest BCUT2D eigenvalue weighted by molar-refractivity contribution is 5.93. The molecule has 0 bridgehead atoms. The minimum absolute atomic E-state index is 0.00305. The summed E-state index contributed by atoms with van der Waals surface area (Å²) in [5, 5.41) is 3.07. The Morgan fingerprint density at radius 3 is 2.33 bits per heavy atom. The summed E-state index contributed by atoms with van der Waals surface area (Å²) in [4.78, 5) is 14.5. The second kappa shape index (κ2) is 7.63. The molecule has 1 amide bonds. The average Bonchev–Trinajstić information content (AvgIpc) is 2.49. The van der Waals surface area contributed by atoms with Crippen LogP contribution in [-0.2, 0) is 16.8 Å². The minimum atomic E-state index is -0.00305. The van der Waals surface area contributed by atoms with Gasteiger partial charge in [-0.3, -0.25) is 9.69 Å². The molecule has 0 aromatic heterocycles. The Hall–Kier alpha value is -2.13. The summed E-state index contributed by atoms with van der Waals surface area (Å²) in [7, 11) is 1.97. The van der Waals surface area contributed by atoms with Gasteiger partial charge in [-0.15, -0.1) is 0 Å². The Bertz CT molecular complexity index is 701. The van der Waals surface area contributed by atoms with E-state index in [0.717, 1.165) is 17.8 Å². The summed E-state index contributed by atoms with van der Waals surface area (Å²) in [5.74, 6) is 0.0165. The number of benzene rings is 2. The first-order chi connectivity index (χ1) is 11.3. The van der Waals surface area contributed by atoms with Crippen LogP contribution in [-0.4, -0.2) is 24.4 Å². The van der Waals surface area contributed by atoms with Gasteiger partial charge in [0.25, 0.3) is 0 Å². The molecule has 0 fully saturated rings. The van der Waals surface area contributed by atoms with E-state index in [1.807, 2.05) is 42.3 Å². The number of hydrogen-bond donors (Lipinski definition) is 1. The lowest BCUT2D eigenvalue weighted by molar-refractivity contribution is -0.117. The van der Waals surface area contributed by atoms with Crippen LogP contribution in [0.25, 0.3) is 0 Å². The molecule has 0 aliphatic rings. The zero-order valence-electron chi connectivity index (χ0n) is 15.4.